The summed E-state index contributed by atoms with van der Waals surface area (Å²) in [6.45, 7) is 9.40. The molecule has 24 heavy (non-hydrogen) atoms. The molecule has 0 saturated heterocycles. The Kier molecular flexibility index (Phi) is 4.22. The van der Waals surface area contributed by atoms with E-state index in [1.54, 1.807) is 18.2 Å². The summed E-state index contributed by atoms with van der Waals surface area (Å²) in [5, 5.41) is 2.93. The van der Waals surface area contributed by atoms with Crippen LogP contribution in [0.4, 0.5) is 5.69 Å². The highest BCUT2D eigenvalue weighted by molar-refractivity contribution is 6.04. The van der Waals surface area contributed by atoms with Crippen molar-refractivity contribution in [3.8, 4) is 11.5 Å². The van der Waals surface area contributed by atoms with Crippen molar-refractivity contribution >= 4 is 11.6 Å². The lowest BCUT2D eigenvalue weighted by Gasteiger charge is -2.19. The minimum atomic E-state index is -0.159. The number of rotatable bonds is 2. The zero-order valence-corrected chi connectivity index (χ0v) is 14.6. The van der Waals surface area contributed by atoms with E-state index in [4.69, 9.17) is 9.47 Å². The van der Waals surface area contributed by atoms with Gasteiger partial charge in [-0.05, 0) is 55.3 Å². The number of benzene rings is 2. The maximum Gasteiger partial charge on any atom is 0.255 e. The number of hydrogen-bond acceptors (Lipinski definition) is 3. The second-order valence-electron chi connectivity index (χ2n) is 7.16. The topological polar surface area (TPSA) is 47.6 Å². The van der Waals surface area contributed by atoms with Gasteiger partial charge in [0, 0.05) is 16.7 Å². The van der Waals surface area contributed by atoms with Crippen molar-refractivity contribution in [1.29, 1.82) is 0 Å². The number of carbonyl (C=O) groups is 1. The molecule has 1 amide bonds. The first kappa shape index (κ1) is 16.4. The highest BCUT2D eigenvalue weighted by Crippen LogP contribution is 2.34. The highest BCUT2D eigenvalue weighted by atomic mass is 16.5. The lowest BCUT2D eigenvalue weighted by molar-refractivity contribution is 0.102. The molecule has 1 aliphatic heterocycles. The normalized spacial score (nSPS) is 15.5. The molecule has 0 saturated carbocycles. The summed E-state index contributed by atoms with van der Waals surface area (Å²) in [5.41, 5.74) is 3.63. The Morgan fingerprint density at radius 1 is 0.958 bits per heavy atom. The summed E-state index contributed by atoms with van der Waals surface area (Å²) in [7, 11) is 0. The third-order valence-electron chi connectivity index (χ3n) is 4.21. The van der Waals surface area contributed by atoms with E-state index in [2.05, 4.69) is 19.2 Å². The van der Waals surface area contributed by atoms with Crippen LogP contribution in [0.3, 0.4) is 0 Å². The van der Waals surface area contributed by atoms with E-state index >= 15 is 0 Å². The first-order valence-corrected chi connectivity index (χ1v) is 8.12. The van der Waals surface area contributed by atoms with Gasteiger partial charge in [0.05, 0.1) is 13.2 Å². The first-order valence-electron chi connectivity index (χ1n) is 8.12. The van der Waals surface area contributed by atoms with Gasteiger partial charge in [-0.1, -0.05) is 19.9 Å². The van der Waals surface area contributed by atoms with Crippen molar-refractivity contribution in [3.63, 3.8) is 0 Å². The van der Waals surface area contributed by atoms with Crippen molar-refractivity contribution in [1.82, 2.24) is 0 Å². The largest absolute Gasteiger partial charge is 0.489 e. The molecule has 4 heteroatoms. The minimum Gasteiger partial charge on any atom is -0.489 e. The van der Waals surface area contributed by atoms with Crippen LogP contribution in [0.1, 0.15) is 35.3 Å². The second-order valence-corrected chi connectivity index (χ2v) is 7.16. The van der Waals surface area contributed by atoms with E-state index in [1.807, 2.05) is 32.0 Å². The molecule has 1 N–H and O–H groups in total. The van der Waals surface area contributed by atoms with Crippen LogP contribution < -0.4 is 14.8 Å². The highest BCUT2D eigenvalue weighted by Gasteiger charge is 2.25. The third kappa shape index (κ3) is 3.53. The van der Waals surface area contributed by atoms with Crippen LogP contribution in [0.2, 0.25) is 0 Å². The molecule has 4 nitrogen and oxygen atoms in total. The molecule has 0 fully saturated rings. The standard InChI is InChI=1S/C20H23NO3/c1-13-5-7-16(9-14(13)2)21-19(22)15-6-8-17-18(10-15)24-12-20(3,4)11-23-17/h5-10H,11-12H2,1-4H3,(H,21,22). The van der Waals surface area contributed by atoms with Crippen LogP contribution in [-0.4, -0.2) is 19.1 Å². The minimum absolute atomic E-state index is 0.0547. The number of ether oxygens (including phenoxy) is 2. The molecule has 0 spiro atoms. The van der Waals surface area contributed by atoms with E-state index in [0.717, 1.165) is 11.3 Å². The van der Waals surface area contributed by atoms with Crippen molar-refractivity contribution in [3.05, 3.63) is 53.1 Å². The predicted molar refractivity (Wildman–Crippen MR) is 95.1 cm³/mol. The molecule has 3 rings (SSSR count). The number of anilines is 1. The Balaban J connectivity index is 1.79. The molecule has 0 bridgehead atoms. The second kappa shape index (κ2) is 6.19. The van der Waals surface area contributed by atoms with Crippen molar-refractivity contribution in [2.75, 3.05) is 18.5 Å². The van der Waals surface area contributed by atoms with Gasteiger partial charge in [-0.3, -0.25) is 4.79 Å². The van der Waals surface area contributed by atoms with Gasteiger partial charge in [0.2, 0.25) is 0 Å². The molecule has 0 atom stereocenters. The van der Waals surface area contributed by atoms with Gasteiger partial charge in [-0.15, -0.1) is 0 Å². The lowest BCUT2D eigenvalue weighted by Crippen LogP contribution is -2.26. The Bertz CT molecular complexity index is 780. The Morgan fingerprint density at radius 3 is 2.38 bits per heavy atom. The molecule has 0 unspecified atom stereocenters. The fourth-order valence-electron chi connectivity index (χ4n) is 2.49. The Morgan fingerprint density at radius 2 is 1.67 bits per heavy atom. The summed E-state index contributed by atoms with van der Waals surface area (Å²) in [5.74, 6) is 1.14. The summed E-state index contributed by atoms with van der Waals surface area (Å²) < 4.78 is 11.6. The molecule has 0 aliphatic carbocycles. The van der Waals surface area contributed by atoms with Crippen molar-refractivity contribution < 1.29 is 14.3 Å². The van der Waals surface area contributed by atoms with E-state index < -0.39 is 0 Å². The molecule has 1 heterocycles. The summed E-state index contributed by atoms with van der Waals surface area (Å²) >= 11 is 0. The summed E-state index contributed by atoms with van der Waals surface area (Å²) in [6.07, 6.45) is 0. The molecule has 2 aromatic carbocycles. The van der Waals surface area contributed by atoms with E-state index in [9.17, 15) is 4.79 Å². The fourth-order valence-corrected chi connectivity index (χ4v) is 2.49. The van der Waals surface area contributed by atoms with Gasteiger partial charge >= 0.3 is 0 Å². The smallest absolute Gasteiger partial charge is 0.255 e. The van der Waals surface area contributed by atoms with Crippen LogP contribution in [0.5, 0.6) is 11.5 Å². The SMILES string of the molecule is Cc1ccc(NC(=O)c2ccc3c(c2)OCC(C)(C)CO3)cc1C. The number of aryl methyl sites for hydroxylation is 2. The van der Waals surface area contributed by atoms with Crippen LogP contribution in [0.15, 0.2) is 36.4 Å². The molecule has 0 aromatic heterocycles. The van der Waals surface area contributed by atoms with Crippen LogP contribution in [0.25, 0.3) is 0 Å². The van der Waals surface area contributed by atoms with Gasteiger partial charge in [-0.2, -0.15) is 0 Å². The summed E-state index contributed by atoms with van der Waals surface area (Å²) in [4.78, 5) is 12.5. The van der Waals surface area contributed by atoms with E-state index in [-0.39, 0.29) is 11.3 Å². The maximum atomic E-state index is 12.5. The molecular formula is C20H23NO3. The number of amides is 1. The Labute approximate surface area is 142 Å². The zero-order chi connectivity index (χ0) is 17.3. The number of carbonyl (C=O) groups excluding carboxylic acids is 1. The fraction of sp³-hybridized carbons (Fsp3) is 0.350. The average molecular weight is 325 g/mol. The van der Waals surface area contributed by atoms with Gasteiger partial charge in [0.15, 0.2) is 11.5 Å². The van der Waals surface area contributed by atoms with Crippen LogP contribution in [0, 0.1) is 19.3 Å². The van der Waals surface area contributed by atoms with E-state index in [1.165, 1.54) is 5.56 Å². The molecule has 2 aromatic rings. The molecule has 126 valence electrons. The first-order chi connectivity index (χ1) is 11.3. The lowest BCUT2D eigenvalue weighted by atomic mass is 9.97. The van der Waals surface area contributed by atoms with Crippen LogP contribution >= 0.6 is 0 Å². The van der Waals surface area contributed by atoms with Gasteiger partial charge < -0.3 is 14.8 Å². The average Bonchev–Trinajstić information content (AvgIpc) is 2.69. The summed E-state index contributed by atoms with van der Waals surface area (Å²) in [6, 6.07) is 11.2. The zero-order valence-electron chi connectivity index (χ0n) is 14.6. The van der Waals surface area contributed by atoms with Gasteiger partial charge in [0.1, 0.15) is 0 Å². The monoisotopic (exact) mass is 325 g/mol. The Hall–Kier alpha value is -2.49. The molecule has 1 aliphatic rings. The molecule has 0 radical (unpaired) electrons. The van der Waals surface area contributed by atoms with Crippen molar-refractivity contribution in [2.24, 2.45) is 5.41 Å². The third-order valence-corrected chi connectivity index (χ3v) is 4.21. The van der Waals surface area contributed by atoms with Crippen LogP contribution in [-0.2, 0) is 0 Å². The van der Waals surface area contributed by atoms with Gasteiger partial charge in [0.25, 0.3) is 5.91 Å². The molecular weight excluding hydrogens is 302 g/mol. The quantitative estimate of drug-likeness (QED) is 0.893. The number of hydrogen-bond donors (Lipinski definition) is 1. The van der Waals surface area contributed by atoms with Crippen molar-refractivity contribution in [2.45, 2.75) is 27.7 Å². The van der Waals surface area contributed by atoms with Gasteiger partial charge in [-0.25, -0.2) is 0 Å². The number of fused-ring (bicyclic) bond motifs is 1. The number of nitrogens with one attached hydrogen (secondary N) is 1. The maximum absolute atomic E-state index is 12.5. The van der Waals surface area contributed by atoms with E-state index in [0.29, 0.717) is 30.3 Å². The predicted octanol–water partition coefficient (Wildman–Crippen LogP) is 4.35.